The minimum absolute atomic E-state index is 0.785. The Morgan fingerprint density at radius 1 is 1.06 bits per heavy atom. The van der Waals surface area contributed by atoms with Crippen molar-refractivity contribution in [2.24, 2.45) is 17.6 Å². The first-order valence-electron chi connectivity index (χ1n) is 7.33. The minimum atomic E-state index is 0.785. The molecule has 0 unspecified atom stereocenters. The SMILES string of the molecule is CCN(CC1CCC(CN)CC1)c1ccccc1. The Morgan fingerprint density at radius 2 is 1.67 bits per heavy atom. The van der Waals surface area contributed by atoms with E-state index in [-0.39, 0.29) is 0 Å². The number of para-hydroxylation sites is 1. The second-order valence-corrected chi connectivity index (χ2v) is 5.50. The van der Waals surface area contributed by atoms with Crippen LogP contribution in [0.15, 0.2) is 30.3 Å². The van der Waals surface area contributed by atoms with Crippen molar-refractivity contribution < 1.29 is 0 Å². The molecule has 2 rings (SSSR count). The molecule has 1 aliphatic carbocycles. The zero-order valence-electron chi connectivity index (χ0n) is 11.5. The molecule has 0 radical (unpaired) electrons. The standard InChI is InChI=1S/C16H26N2/c1-2-18(16-6-4-3-5-7-16)13-15-10-8-14(12-17)9-11-15/h3-7,14-15H,2,8-13,17H2,1H3. The molecule has 100 valence electrons. The normalized spacial score (nSPS) is 23.9. The van der Waals surface area contributed by atoms with Crippen LogP contribution in [0.2, 0.25) is 0 Å². The molecule has 0 saturated heterocycles. The quantitative estimate of drug-likeness (QED) is 0.864. The summed E-state index contributed by atoms with van der Waals surface area (Å²) in [7, 11) is 0. The Bertz CT molecular complexity index is 328. The monoisotopic (exact) mass is 246 g/mol. The largest absolute Gasteiger partial charge is 0.372 e. The van der Waals surface area contributed by atoms with Crippen LogP contribution in [0.25, 0.3) is 0 Å². The van der Waals surface area contributed by atoms with Crippen LogP contribution in [0.3, 0.4) is 0 Å². The van der Waals surface area contributed by atoms with Crippen molar-refractivity contribution in [2.75, 3.05) is 24.5 Å². The highest BCUT2D eigenvalue weighted by molar-refractivity contribution is 5.45. The van der Waals surface area contributed by atoms with Gasteiger partial charge >= 0.3 is 0 Å². The lowest BCUT2D eigenvalue weighted by Gasteiger charge is -2.33. The van der Waals surface area contributed by atoms with Gasteiger partial charge in [-0.15, -0.1) is 0 Å². The highest BCUT2D eigenvalue weighted by Crippen LogP contribution is 2.29. The molecule has 2 heteroatoms. The van der Waals surface area contributed by atoms with E-state index in [4.69, 9.17) is 5.73 Å². The van der Waals surface area contributed by atoms with Crippen LogP contribution in [-0.4, -0.2) is 19.6 Å². The molecule has 0 amide bonds. The zero-order valence-corrected chi connectivity index (χ0v) is 11.5. The van der Waals surface area contributed by atoms with Crippen LogP contribution in [0, 0.1) is 11.8 Å². The highest BCUT2D eigenvalue weighted by atomic mass is 15.1. The summed E-state index contributed by atoms with van der Waals surface area (Å²) in [5.41, 5.74) is 7.12. The van der Waals surface area contributed by atoms with Gasteiger partial charge in [0.15, 0.2) is 0 Å². The predicted molar refractivity (Wildman–Crippen MR) is 78.8 cm³/mol. The Balaban J connectivity index is 1.88. The molecule has 0 aromatic heterocycles. The Kier molecular flexibility index (Phi) is 5.06. The summed E-state index contributed by atoms with van der Waals surface area (Å²) in [5.74, 6) is 1.64. The summed E-state index contributed by atoms with van der Waals surface area (Å²) in [6, 6.07) is 10.8. The van der Waals surface area contributed by atoms with Gasteiger partial charge in [0.2, 0.25) is 0 Å². The van der Waals surface area contributed by atoms with Crippen molar-refractivity contribution >= 4 is 5.69 Å². The predicted octanol–water partition coefficient (Wildman–Crippen LogP) is 3.28. The fraction of sp³-hybridized carbons (Fsp3) is 0.625. The van der Waals surface area contributed by atoms with E-state index >= 15 is 0 Å². The van der Waals surface area contributed by atoms with Crippen LogP contribution in [-0.2, 0) is 0 Å². The van der Waals surface area contributed by atoms with Crippen LogP contribution in [0.1, 0.15) is 32.6 Å². The molecule has 1 aromatic rings. The van der Waals surface area contributed by atoms with Crippen molar-refractivity contribution in [3.8, 4) is 0 Å². The van der Waals surface area contributed by atoms with Gasteiger partial charge in [0.25, 0.3) is 0 Å². The van der Waals surface area contributed by atoms with E-state index in [9.17, 15) is 0 Å². The number of hydrogen-bond donors (Lipinski definition) is 1. The van der Waals surface area contributed by atoms with E-state index in [0.717, 1.165) is 24.9 Å². The summed E-state index contributed by atoms with van der Waals surface area (Å²) in [6.45, 7) is 5.43. The van der Waals surface area contributed by atoms with Gasteiger partial charge in [-0.2, -0.15) is 0 Å². The molecule has 1 fully saturated rings. The number of nitrogens with two attached hydrogens (primary N) is 1. The van der Waals surface area contributed by atoms with Gasteiger partial charge in [-0.25, -0.2) is 0 Å². The molecule has 1 saturated carbocycles. The molecule has 0 aliphatic heterocycles. The van der Waals surface area contributed by atoms with Gasteiger partial charge in [-0.05, 0) is 63.1 Å². The van der Waals surface area contributed by atoms with E-state index in [1.165, 1.54) is 37.9 Å². The Hall–Kier alpha value is -1.02. The number of nitrogens with zero attached hydrogens (tertiary/aromatic N) is 1. The van der Waals surface area contributed by atoms with E-state index in [2.05, 4.69) is 42.2 Å². The third-order valence-corrected chi connectivity index (χ3v) is 4.28. The topological polar surface area (TPSA) is 29.3 Å². The third kappa shape index (κ3) is 3.49. The first-order valence-corrected chi connectivity index (χ1v) is 7.33. The summed E-state index contributed by atoms with van der Waals surface area (Å²) in [4.78, 5) is 2.51. The molecule has 0 heterocycles. The van der Waals surface area contributed by atoms with E-state index in [1.807, 2.05) is 0 Å². The second kappa shape index (κ2) is 6.79. The maximum atomic E-state index is 5.76. The summed E-state index contributed by atoms with van der Waals surface area (Å²) in [6.07, 6.45) is 5.36. The smallest absolute Gasteiger partial charge is 0.0366 e. The van der Waals surface area contributed by atoms with E-state index < -0.39 is 0 Å². The van der Waals surface area contributed by atoms with Crippen LogP contribution in [0.4, 0.5) is 5.69 Å². The molecule has 1 aromatic carbocycles. The van der Waals surface area contributed by atoms with Crippen molar-refractivity contribution in [1.82, 2.24) is 0 Å². The molecule has 0 spiro atoms. The van der Waals surface area contributed by atoms with Gasteiger partial charge in [0.1, 0.15) is 0 Å². The summed E-state index contributed by atoms with van der Waals surface area (Å²) < 4.78 is 0. The molecular formula is C16H26N2. The van der Waals surface area contributed by atoms with Crippen molar-refractivity contribution in [3.05, 3.63) is 30.3 Å². The van der Waals surface area contributed by atoms with Gasteiger partial charge in [-0.1, -0.05) is 18.2 Å². The van der Waals surface area contributed by atoms with Crippen LogP contribution in [0.5, 0.6) is 0 Å². The fourth-order valence-corrected chi connectivity index (χ4v) is 3.02. The van der Waals surface area contributed by atoms with Gasteiger partial charge in [-0.3, -0.25) is 0 Å². The van der Waals surface area contributed by atoms with E-state index in [1.54, 1.807) is 0 Å². The number of rotatable bonds is 5. The van der Waals surface area contributed by atoms with Crippen LogP contribution < -0.4 is 10.6 Å². The average Bonchev–Trinajstić information content (AvgIpc) is 2.46. The van der Waals surface area contributed by atoms with Gasteiger partial charge in [0.05, 0.1) is 0 Å². The lowest BCUT2D eigenvalue weighted by atomic mass is 9.82. The zero-order chi connectivity index (χ0) is 12.8. The molecule has 2 nitrogen and oxygen atoms in total. The Labute approximate surface area is 111 Å². The first-order chi connectivity index (χ1) is 8.83. The maximum Gasteiger partial charge on any atom is 0.0366 e. The van der Waals surface area contributed by atoms with Crippen molar-refractivity contribution in [3.63, 3.8) is 0 Å². The van der Waals surface area contributed by atoms with Crippen molar-refractivity contribution in [2.45, 2.75) is 32.6 Å². The minimum Gasteiger partial charge on any atom is -0.372 e. The fourth-order valence-electron chi connectivity index (χ4n) is 3.02. The molecule has 1 aliphatic rings. The number of benzene rings is 1. The molecule has 2 N–H and O–H groups in total. The van der Waals surface area contributed by atoms with Gasteiger partial charge < -0.3 is 10.6 Å². The molecule has 18 heavy (non-hydrogen) atoms. The lowest BCUT2D eigenvalue weighted by molar-refractivity contribution is 0.281. The third-order valence-electron chi connectivity index (χ3n) is 4.28. The average molecular weight is 246 g/mol. The molecular weight excluding hydrogens is 220 g/mol. The summed E-state index contributed by atoms with van der Waals surface area (Å²) >= 11 is 0. The van der Waals surface area contributed by atoms with Crippen LogP contribution >= 0.6 is 0 Å². The van der Waals surface area contributed by atoms with Crippen molar-refractivity contribution in [1.29, 1.82) is 0 Å². The number of anilines is 1. The highest BCUT2D eigenvalue weighted by Gasteiger charge is 2.21. The molecule has 0 atom stereocenters. The Morgan fingerprint density at radius 3 is 2.22 bits per heavy atom. The lowest BCUT2D eigenvalue weighted by Crippen LogP contribution is -2.32. The number of hydrogen-bond acceptors (Lipinski definition) is 2. The van der Waals surface area contributed by atoms with E-state index in [0.29, 0.717) is 0 Å². The maximum absolute atomic E-state index is 5.76. The van der Waals surface area contributed by atoms with Gasteiger partial charge in [0, 0.05) is 18.8 Å². The second-order valence-electron chi connectivity index (χ2n) is 5.50. The first kappa shape index (κ1) is 13.4. The summed E-state index contributed by atoms with van der Waals surface area (Å²) in [5, 5.41) is 0. The molecule has 0 bridgehead atoms.